The van der Waals surface area contributed by atoms with Crippen molar-refractivity contribution in [1.29, 1.82) is 0 Å². The van der Waals surface area contributed by atoms with Crippen LogP contribution in [0.4, 0.5) is 5.69 Å². The zero-order valence-corrected chi connectivity index (χ0v) is 11.9. The average Bonchev–Trinajstić information content (AvgIpc) is 2.86. The van der Waals surface area contributed by atoms with Crippen molar-refractivity contribution in [1.82, 2.24) is 5.48 Å². The molecule has 5 heteroatoms. The van der Waals surface area contributed by atoms with Gasteiger partial charge in [-0.15, -0.1) is 0 Å². The third kappa shape index (κ3) is 2.99. The fourth-order valence-corrected chi connectivity index (χ4v) is 2.42. The highest BCUT2D eigenvalue weighted by Crippen LogP contribution is 2.28. The van der Waals surface area contributed by atoms with E-state index in [-0.39, 0.29) is 24.2 Å². The summed E-state index contributed by atoms with van der Waals surface area (Å²) >= 11 is 0. The molecule has 20 heavy (non-hydrogen) atoms. The van der Waals surface area contributed by atoms with Gasteiger partial charge in [0.05, 0.1) is 12.5 Å². The van der Waals surface area contributed by atoms with Gasteiger partial charge >= 0.3 is 0 Å². The van der Waals surface area contributed by atoms with Gasteiger partial charge in [0, 0.05) is 18.7 Å². The molecule has 1 aliphatic rings. The first kappa shape index (κ1) is 14.5. The number of hydrogen-bond donors (Lipinski definition) is 1. The molecule has 108 valence electrons. The summed E-state index contributed by atoms with van der Waals surface area (Å²) in [6.07, 6.45) is 1.09. The fourth-order valence-electron chi connectivity index (χ4n) is 2.42. The number of carbonyl (C=O) groups is 2. The Hall–Kier alpha value is -1.88. The summed E-state index contributed by atoms with van der Waals surface area (Å²) in [4.78, 5) is 30.6. The third-order valence-electron chi connectivity index (χ3n) is 3.48. The maximum atomic E-state index is 12.1. The average molecular weight is 276 g/mol. The Morgan fingerprint density at radius 2 is 2.15 bits per heavy atom. The molecule has 1 aromatic rings. The van der Waals surface area contributed by atoms with Crippen LogP contribution in [0.3, 0.4) is 0 Å². The van der Waals surface area contributed by atoms with E-state index < -0.39 is 0 Å². The van der Waals surface area contributed by atoms with E-state index in [0.717, 1.165) is 17.7 Å². The van der Waals surface area contributed by atoms with Gasteiger partial charge in [0.25, 0.3) is 0 Å². The molecule has 2 rings (SSSR count). The maximum Gasteiger partial charge on any atom is 0.248 e. The predicted octanol–water partition coefficient (Wildman–Crippen LogP) is 1.67. The van der Waals surface area contributed by atoms with Gasteiger partial charge in [-0.05, 0) is 25.0 Å². The van der Waals surface area contributed by atoms with E-state index in [1.807, 2.05) is 24.3 Å². The highest BCUT2D eigenvalue weighted by molar-refractivity contribution is 6.00. The van der Waals surface area contributed by atoms with E-state index >= 15 is 0 Å². The van der Waals surface area contributed by atoms with E-state index in [4.69, 9.17) is 4.84 Å². The zero-order chi connectivity index (χ0) is 14.5. The van der Waals surface area contributed by atoms with Crippen molar-refractivity contribution >= 4 is 17.5 Å². The lowest BCUT2D eigenvalue weighted by Gasteiger charge is -2.19. The molecule has 0 aromatic heterocycles. The molecule has 0 radical (unpaired) electrons. The van der Waals surface area contributed by atoms with Gasteiger partial charge in [0.2, 0.25) is 11.8 Å². The van der Waals surface area contributed by atoms with Gasteiger partial charge in [-0.2, -0.15) is 0 Å². The number of anilines is 1. The van der Waals surface area contributed by atoms with Crippen LogP contribution in [0.2, 0.25) is 0 Å². The topological polar surface area (TPSA) is 58.6 Å². The van der Waals surface area contributed by atoms with Gasteiger partial charge in [-0.3, -0.25) is 14.4 Å². The Morgan fingerprint density at radius 1 is 1.40 bits per heavy atom. The van der Waals surface area contributed by atoms with Crippen LogP contribution in [0.5, 0.6) is 0 Å². The second kappa shape index (κ2) is 6.52. The highest BCUT2D eigenvalue weighted by Gasteiger charge is 2.35. The molecule has 0 bridgehead atoms. The fraction of sp³-hybridized carbons (Fsp3) is 0.467. The number of carbonyl (C=O) groups excluding carboxylic acids is 2. The van der Waals surface area contributed by atoms with Crippen LogP contribution < -0.4 is 10.4 Å². The Kier molecular flexibility index (Phi) is 4.74. The molecule has 1 aromatic carbocycles. The van der Waals surface area contributed by atoms with Gasteiger partial charge < -0.3 is 4.90 Å². The maximum absolute atomic E-state index is 12.1. The number of rotatable bonds is 5. The smallest absolute Gasteiger partial charge is 0.248 e. The van der Waals surface area contributed by atoms with Crippen LogP contribution in [0.15, 0.2) is 24.3 Å². The number of aryl methyl sites for hydroxylation is 1. The Bertz CT molecular complexity index is 502. The monoisotopic (exact) mass is 276 g/mol. The second-order valence-electron chi connectivity index (χ2n) is 4.79. The van der Waals surface area contributed by atoms with E-state index in [1.54, 1.807) is 11.8 Å². The Labute approximate surface area is 118 Å². The Morgan fingerprint density at radius 3 is 2.85 bits per heavy atom. The lowest BCUT2D eigenvalue weighted by Crippen LogP contribution is -2.33. The minimum atomic E-state index is -0.348. The minimum absolute atomic E-state index is 0.0115. The quantitative estimate of drug-likeness (QED) is 0.832. The molecular formula is C15H20N2O3. The summed E-state index contributed by atoms with van der Waals surface area (Å²) in [6.45, 7) is 4.67. The first-order valence-electron chi connectivity index (χ1n) is 6.97. The molecule has 1 N–H and O–H groups in total. The summed E-state index contributed by atoms with van der Waals surface area (Å²) < 4.78 is 0. The molecular weight excluding hydrogens is 256 g/mol. The molecule has 1 atom stereocenters. The number of hydrogen-bond acceptors (Lipinski definition) is 3. The number of amides is 2. The van der Waals surface area contributed by atoms with Crippen molar-refractivity contribution in [2.75, 3.05) is 18.1 Å². The second-order valence-corrected chi connectivity index (χ2v) is 4.79. The number of nitrogens with one attached hydrogen (secondary N) is 1. The van der Waals surface area contributed by atoms with E-state index in [0.29, 0.717) is 13.2 Å². The van der Waals surface area contributed by atoms with Crippen molar-refractivity contribution in [3.63, 3.8) is 0 Å². The number of benzene rings is 1. The molecule has 0 unspecified atom stereocenters. The molecule has 1 fully saturated rings. The van der Waals surface area contributed by atoms with Crippen LogP contribution in [0.25, 0.3) is 0 Å². The predicted molar refractivity (Wildman–Crippen MR) is 76.0 cm³/mol. The molecule has 1 heterocycles. The summed E-state index contributed by atoms with van der Waals surface area (Å²) in [5.74, 6) is -0.585. The molecule has 2 amide bonds. The first-order chi connectivity index (χ1) is 9.67. The standard InChI is InChI=1S/C15H20N2O3/c1-3-11-7-5-6-8-13(11)17-10-12(9-14(17)18)15(19)16-20-4-2/h5-8,12H,3-4,9-10H2,1-2H3,(H,16,19)/t12-/m1/s1. The summed E-state index contributed by atoms with van der Waals surface area (Å²) in [5.41, 5.74) is 4.40. The molecule has 0 spiro atoms. The van der Waals surface area contributed by atoms with E-state index in [1.165, 1.54) is 0 Å². The van der Waals surface area contributed by atoms with E-state index in [2.05, 4.69) is 12.4 Å². The lowest BCUT2D eigenvalue weighted by atomic mass is 10.1. The Balaban J connectivity index is 2.11. The molecule has 1 aliphatic heterocycles. The number of nitrogens with zero attached hydrogens (tertiary/aromatic N) is 1. The van der Waals surface area contributed by atoms with Gasteiger partial charge in [0.1, 0.15) is 0 Å². The van der Waals surface area contributed by atoms with Crippen LogP contribution in [0, 0.1) is 5.92 Å². The SMILES string of the molecule is CCONC(=O)[C@@H]1CC(=O)N(c2ccccc2CC)C1. The molecule has 0 aliphatic carbocycles. The lowest BCUT2D eigenvalue weighted by molar-refractivity contribution is -0.137. The third-order valence-corrected chi connectivity index (χ3v) is 3.48. The van der Waals surface area contributed by atoms with Crippen LogP contribution in [-0.4, -0.2) is 25.0 Å². The van der Waals surface area contributed by atoms with Gasteiger partial charge in [-0.25, -0.2) is 5.48 Å². The zero-order valence-electron chi connectivity index (χ0n) is 11.9. The van der Waals surface area contributed by atoms with Gasteiger partial charge in [-0.1, -0.05) is 25.1 Å². The normalized spacial score (nSPS) is 18.4. The van der Waals surface area contributed by atoms with Crippen LogP contribution in [-0.2, 0) is 20.8 Å². The van der Waals surface area contributed by atoms with Crippen molar-refractivity contribution < 1.29 is 14.4 Å². The first-order valence-corrected chi connectivity index (χ1v) is 6.97. The van der Waals surface area contributed by atoms with Gasteiger partial charge in [0.15, 0.2) is 0 Å². The highest BCUT2D eigenvalue weighted by atomic mass is 16.6. The number of hydroxylamine groups is 1. The molecule has 5 nitrogen and oxygen atoms in total. The van der Waals surface area contributed by atoms with Crippen molar-refractivity contribution in [3.8, 4) is 0 Å². The number of para-hydroxylation sites is 1. The summed E-state index contributed by atoms with van der Waals surface area (Å²) in [7, 11) is 0. The minimum Gasteiger partial charge on any atom is -0.311 e. The largest absolute Gasteiger partial charge is 0.311 e. The van der Waals surface area contributed by atoms with Crippen molar-refractivity contribution in [2.24, 2.45) is 5.92 Å². The summed E-state index contributed by atoms with van der Waals surface area (Å²) in [6, 6.07) is 7.81. The molecule has 0 saturated carbocycles. The van der Waals surface area contributed by atoms with Crippen molar-refractivity contribution in [3.05, 3.63) is 29.8 Å². The van der Waals surface area contributed by atoms with Crippen LogP contribution in [0.1, 0.15) is 25.8 Å². The molecule has 1 saturated heterocycles. The summed E-state index contributed by atoms with van der Waals surface area (Å²) in [5, 5.41) is 0. The van der Waals surface area contributed by atoms with Crippen molar-refractivity contribution in [2.45, 2.75) is 26.7 Å². The van der Waals surface area contributed by atoms with E-state index in [9.17, 15) is 9.59 Å². The van der Waals surface area contributed by atoms with Crippen LogP contribution >= 0.6 is 0 Å².